The molecule has 0 radical (unpaired) electrons. The standard InChI is InChI=1S/C20H17NO2S2/c22-17-13-18-21(17)16(11-12-25-18)20(24)23-19(14-7-3-1-4-8-14)15-9-5-2-6-10-15/h1-11,18-19H,12-13H2/t18-/m1/s1. The predicted octanol–water partition coefficient (Wildman–Crippen LogP) is 4.31. The summed E-state index contributed by atoms with van der Waals surface area (Å²) in [6, 6.07) is 20.0. The van der Waals surface area contributed by atoms with Crippen LogP contribution in [0.3, 0.4) is 0 Å². The molecule has 0 aliphatic carbocycles. The van der Waals surface area contributed by atoms with Crippen molar-refractivity contribution in [2.75, 3.05) is 5.75 Å². The molecule has 2 aromatic rings. The average molecular weight is 367 g/mol. The molecule has 0 unspecified atom stereocenters. The Hall–Kier alpha value is -2.11. The van der Waals surface area contributed by atoms with Crippen LogP contribution in [0.1, 0.15) is 23.7 Å². The van der Waals surface area contributed by atoms with Crippen LogP contribution in [0.2, 0.25) is 0 Å². The summed E-state index contributed by atoms with van der Waals surface area (Å²) in [5.74, 6) is 0.972. The van der Waals surface area contributed by atoms with Crippen LogP contribution in [0.5, 0.6) is 0 Å². The summed E-state index contributed by atoms with van der Waals surface area (Å²) in [5, 5.41) is 0.594. The number of carbonyl (C=O) groups excluding carboxylic acids is 1. The number of rotatable bonds is 4. The topological polar surface area (TPSA) is 29.5 Å². The SMILES string of the molecule is O=C1C[C@H]2SCC=C(C(=S)OC(c3ccccc3)c3ccccc3)N12. The van der Waals surface area contributed by atoms with Crippen molar-refractivity contribution in [3.63, 3.8) is 0 Å². The van der Waals surface area contributed by atoms with Crippen LogP contribution < -0.4 is 0 Å². The van der Waals surface area contributed by atoms with Gasteiger partial charge in [-0.25, -0.2) is 0 Å². The summed E-state index contributed by atoms with van der Waals surface area (Å²) < 4.78 is 6.22. The van der Waals surface area contributed by atoms with Gasteiger partial charge in [0.05, 0.1) is 17.5 Å². The molecule has 3 nitrogen and oxygen atoms in total. The molecule has 1 fully saturated rings. The lowest BCUT2D eigenvalue weighted by atomic mass is 10.0. The van der Waals surface area contributed by atoms with Crippen LogP contribution in [0.4, 0.5) is 0 Å². The van der Waals surface area contributed by atoms with Crippen LogP contribution >= 0.6 is 24.0 Å². The van der Waals surface area contributed by atoms with Crippen molar-refractivity contribution in [1.82, 2.24) is 4.90 Å². The Morgan fingerprint density at radius 3 is 2.24 bits per heavy atom. The number of thiocarbonyl (C=S) groups is 1. The van der Waals surface area contributed by atoms with Crippen LogP contribution in [0, 0.1) is 0 Å². The van der Waals surface area contributed by atoms with Crippen molar-refractivity contribution in [3.05, 3.63) is 83.6 Å². The Morgan fingerprint density at radius 2 is 1.68 bits per heavy atom. The first-order valence-electron chi connectivity index (χ1n) is 8.19. The van der Waals surface area contributed by atoms with Gasteiger partial charge in [-0.1, -0.05) is 60.7 Å². The second-order valence-electron chi connectivity index (χ2n) is 5.95. The molecule has 0 bridgehead atoms. The second-order valence-corrected chi connectivity index (χ2v) is 7.53. The van der Waals surface area contributed by atoms with Gasteiger partial charge in [-0.2, -0.15) is 0 Å². The molecule has 1 amide bonds. The zero-order chi connectivity index (χ0) is 17.2. The first-order chi connectivity index (χ1) is 12.2. The number of ether oxygens (including phenoxy) is 1. The highest BCUT2D eigenvalue weighted by molar-refractivity contribution is 8.00. The normalized spacial score (nSPS) is 19.1. The number of fused-ring (bicyclic) bond motifs is 1. The van der Waals surface area contributed by atoms with Crippen molar-refractivity contribution < 1.29 is 9.53 Å². The van der Waals surface area contributed by atoms with E-state index in [1.165, 1.54) is 0 Å². The van der Waals surface area contributed by atoms with E-state index in [2.05, 4.69) is 0 Å². The number of benzene rings is 2. The van der Waals surface area contributed by atoms with Crippen LogP contribution in [0.15, 0.2) is 72.4 Å². The zero-order valence-electron chi connectivity index (χ0n) is 13.5. The van der Waals surface area contributed by atoms with Crippen molar-refractivity contribution in [3.8, 4) is 0 Å². The van der Waals surface area contributed by atoms with Gasteiger partial charge < -0.3 is 4.74 Å². The minimum absolute atomic E-state index is 0.116. The molecule has 126 valence electrons. The Balaban J connectivity index is 1.62. The van der Waals surface area contributed by atoms with Gasteiger partial charge in [0.1, 0.15) is 6.10 Å². The third-order valence-corrected chi connectivity index (χ3v) is 5.80. The smallest absolute Gasteiger partial charge is 0.231 e. The molecule has 0 spiro atoms. The van der Waals surface area contributed by atoms with E-state index >= 15 is 0 Å². The van der Waals surface area contributed by atoms with Gasteiger partial charge in [0.2, 0.25) is 11.0 Å². The van der Waals surface area contributed by atoms with Crippen molar-refractivity contribution in [2.24, 2.45) is 0 Å². The zero-order valence-corrected chi connectivity index (χ0v) is 15.1. The van der Waals surface area contributed by atoms with Gasteiger partial charge >= 0.3 is 0 Å². The fourth-order valence-corrected chi connectivity index (χ4v) is 4.47. The van der Waals surface area contributed by atoms with Gasteiger partial charge in [-0.15, -0.1) is 11.8 Å². The highest BCUT2D eigenvalue weighted by Crippen LogP contribution is 2.38. The number of amides is 1. The van der Waals surface area contributed by atoms with Gasteiger partial charge in [-0.05, 0) is 29.4 Å². The molecule has 5 heteroatoms. The Morgan fingerprint density at radius 1 is 1.08 bits per heavy atom. The summed E-state index contributed by atoms with van der Waals surface area (Å²) in [5.41, 5.74) is 2.81. The Bertz CT molecular complexity index is 781. The maximum Gasteiger partial charge on any atom is 0.231 e. The van der Waals surface area contributed by atoms with Gasteiger partial charge in [0.25, 0.3) is 0 Å². The quantitative estimate of drug-likeness (QED) is 0.595. The fraction of sp³-hybridized carbons (Fsp3) is 0.200. The summed E-state index contributed by atoms with van der Waals surface area (Å²) in [4.78, 5) is 13.7. The van der Waals surface area contributed by atoms with Crippen LogP contribution in [-0.2, 0) is 9.53 Å². The predicted molar refractivity (Wildman–Crippen MR) is 104 cm³/mol. The van der Waals surface area contributed by atoms with Gasteiger partial charge in [-0.3, -0.25) is 9.69 Å². The number of hydrogen-bond acceptors (Lipinski definition) is 4. The molecule has 2 aliphatic heterocycles. The molecule has 2 heterocycles. The fourth-order valence-electron chi connectivity index (χ4n) is 3.08. The van der Waals surface area contributed by atoms with Gasteiger partial charge in [0, 0.05) is 5.75 Å². The van der Waals surface area contributed by atoms with E-state index in [9.17, 15) is 4.79 Å². The molecule has 25 heavy (non-hydrogen) atoms. The lowest BCUT2D eigenvalue weighted by molar-refractivity contribution is -0.138. The third-order valence-electron chi connectivity index (χ3n) is 4.37. The highest BCUT2D eigenvalue weighted by atomic mass is 32.2. The summed E-state index contributed by atoms with van der Waals surface area (Å²) in [6.45, 7) is 0. The van der Waals surface area contributed by atoms with E-state index in [0.29, 0.717) is 11.5 Å². The second kappa shape index (κ2) is 7.02. The lowest BCUT2D eigenvalue weighted by Crippen LogP contribution is -2.53. The molecule has 2 aromatic carbocycles. The highest BCUT2D eigenvalue weighted by Gasteiger charge is 2.42. The van der Waals surface area contributed by atoms with Crippen molar-refractivity contribution in [2.45, 2.75) is 17.9 Å². The molecule has 2 aliphatic rings. The van der Waals surface area contributed by atoms with Crippen molar-refractivity contribution >= 4 is 34.9 Å². The number of β-lactam (4-membered cyclic amide) rings is 1. The number of hydrogen-bond donors (Lipinski definition) is 0. The van der Waals surface area contributed by atoms with E-state index in [0.717, 1.165) is 22.6 Å². The van der Waals surface area contributed by atoms with E-state index in [-0.39, 0.29) is 17.4 Å². The molecule has 1 saturated heterocycles. The summed E-state index contributed by atoms with van der Waals surface area (Å²) in [7, 11) is 0. The van der Waals surface area contributed by atoms with E-state index in [1.807, 2.05) is 66.7 Å². The maximum atomic E-state index is 12.0. The Labute approximate surface area is 156 Å². The monoisotopic (exact) mass is 367 g/mol. The molecule has 0 N–H and O–H groups in total. The minimum atomic E-state index is -0.291. The van der Waals surface area contributed by atoms with Gasteiger partial charge in [0.15, 0.2) is 0 Å². The molecule has 1 atom stereocenters. The largest absolute Gasteiger partial charge is 0.469 e. The van der Waals surface area contributed by atoms with E-state index in [1.54, 1.807) is 16.7 Å². The summed E-state index contributed by atoms with van der Waals surface area (Å²) in [6.07, 6.45) is 2.29. The van der Waals surface area contributed by atoms with E-state index < -0.39 is 0 Å². The molecule has 4 rings (SSSR count). The van der Waals surface area contributed by atoms with Crippen LogP contribution in [-0.4, -0.2) is 27.0 Å². The average Bonchev–Trinajstić information content (AvgIpc) is 2.66. The minimum Gasteiger partial charge on any atom is -0.469 e. The number of nitrogens with zero attached hydrogens (tertiary/aromatic N) is 1. The maximum absolute atomic E-state index is 12.0. The van der Waals surface area contributed by atoms with Crippen molar-refractivity contribution in [1.29, 1.82) is 0 Å². The first kappa shape index (κ1) is 16.4. The third kappa shape index (κ3) is 3.22. The molecular formula is C20H17NO2S2. The Kier molecular flexibility index (Phi) is 4.59. The molecule has 0 saturated carbocycles. The molecule has 0 aromatic heterocycles. The summed E-state index contributed by atoms with van der Waals surface area (Å²) >= 11 is 7.34. The molecular weight excluding hydrogens is 350 g/mol. The van der Waals surface area contributed by atoms with Crippen LogP contribution in [0.25, 0.3) is 0 Å². The van der Waals surface area contributed by atoms with E-state index in [4.69, 9.17) is 17.0 Å². The lowest BCUT2D eigenvalue weighted by Gasteiger charge is -2.43. The first-order valence-corrected chi connectivity index (χ1v) is 9.64. The number of carbonyl (C=O) groups is 1. The number of thioether (sulfide) groups is 1.